The molecule has 112 valence electrons. The van der Waals surface area contributed by atoms with Crippen LogP contribution in [-0.2, 0) is 4.79 Å². The van der Waals surface area contributed by atoms with Gasteiger partial charge in [-0.3, -0.25) is 9.48 Å². The van der Waals surface area contributed by atoms with Gasteiger partial charge in [0, 0.05) is 12.3 Å². The average Bonchev–Trinajstić information content (AvgIpc) is 2.87. The Morgan fingerprint density at radius 1 is 1.24 bits per heavy atom. The molecule has 0 saturated carbocycles. The highest BCUT2D eigenvalue weighted by Gasteiger charge is 2.23. The summed E-state index contributed by atoms with van der Waals surface area (Å²) in [5, 5.41) is 5.81. The summed E-state index contributed by atoms with van der Waals surface area (Å²) in [6, 6.07) is 0.789. The quantitative estimate of drug-likeness (QED) is 0.700. The largest absolute Gasteiger partial charge is 0.319 e. The fourth-order valence-corrected chi connectivity index (χ4v) is 1.68. The van der Waals surface area contributed by atoms with Crippen molar-refractivity contribution in [3.05, 3.63) is 47.3 Å². The molecule has 0 aliphatic heterocycles. The maximum absolute atomic E-state index is 13.5. The van der Waals surface area contributed by atoms with E-state index in [2.05, 4.69) is 5.10 Å². The van der Waals surface area contributed by atoms with E-state index in [1.807, 2.05) is 5.32 Å². The molecule has 0 saturated heterocycles. The van der Waals surface area contributed by atoms with E-state index in [0.717, 1.165) is 0 Å². The Morgan fingerprint density at radius 2 is 1.81 bits per heavy atom. The lowest BCUT2D eigenvalue weighted by molar-refractivity contribution is -0.119. The summed E-state index contributed by atoms with van der Waals surface area (Å²) < 4.78 is 54.3. The Hall–Kier alpha value is -2.38. The molecule has 21 heavy (non-hydrogen) atoms. The van der Waals surface area contributed by atoms with Crippen LogP contribution in [0.15, 0.2) is 18.3 Å². The molecule has 2 rings (SSSR count). The van der Waals surface area contributed by atoms with E-state index in [1.54, 1.807) is 13.0 Å². The Morgan fingerprint density at radius 3 is 2.29 bits per heavy atom. The lowest BCUT2D eigenvalue weighted by Crippen LogP contribution is -2.25. The first kappa shape index (κ1) is 15.0. The number of carbonyl (C=O) groups is 1. The minimum Gasteiger partial charge on any atom is -0.319 e. The number of aryl methyl sites for hydroxylation is 1. The highest BCUT2D eigenvalue weighted by molar-refractivity contribution is 5.93. The summed E-state index contributed by atoms with van der Waals surface area (Å²) in [5.41, 5.74) is -0.517. The summed E-state index contributed by atoms with van der Waals surface area (Å²) in [6.45, 7) is 3.12. The third-order valence-corrected chi connectivity index (χ3v) is 2.88. The Bertz CT molecular complexity index is 673. The number of amides is 1. The molecule has 4 nitrogen and oxygen atoms in total. The number of nitrogens with zero attached hydrogens (tertiary/aromatic N) is 2. The van der Waals surface area contributed by atoms with Gasteiger partial charge in [-0.2, -0.15) is 5.10 Å². The lowest BCUT2D eigenvalue weighted by atomic mass is 10.2. The van der Waals surface area contributed by atoms with E-state index in [0.29, 0.717) is 5.69 Å². The fraction of sp³-hybridized carbons (Fsp3) is 0.231. The van der Waals surface area contributed by atoms with Gasteiger partial charge in [-0.1, -0.05) is 0 Å². The summed E-state index contributed by atoms with van der Waals surface area (Å²) in [5.74, 6) is -7.36. The van der Waals surface area contributed by atoms with Crippen LogP contribution in [0.2, 0.25) is 0 Å². The molecule has 1 amide bonds. The van der Waals surface area contributed by atoms with E-state index in [-0.39, 0.29) is 6.07 Å². The summed E-state index contributed by atoms with van der Waals surface area (Å²) in [6.07, 6.45) is 1.50. The minimum absolute atomic E-state index is 0.0701. The second-order valence-corrected chi connectivity index (χ2v) is 4.45. The zero-order valence-electron chi connectivity index (χ0n) is 11.1. The van der Waals surface area contributed by atoms with Crippen LogP contribution < -0.4 is 5.32 Å². The topological polar surface area (TPSA) is 46.9 Å². The monoisotopic (exact) mass is 301 g/mol. The molecular formula is C13H11F4N3O. The van der Waals surface area contributed by atoms with Gasteiger partial charge in [0.05, 0.1) is 5.69 Å². The van der Waals surface area contributed by atoms with E-state index in [1.165, 1.54) is 17.8 Å². The molecule has 1 heterocycles. The van der Waals surface area contributed by atoms with Gasteiger partial charge in [-0.05, 0) is 19.9 Å². The number of benzene rings is 1. The minimum atomic E-state index is -1.66. The Labute approximate surface area is 117 Å². The lowest BCUT2D eigenvalue weighted by Gasteiger charge is -2.14. The average molecular weight is 301 g/mol. The molecule has 0 radical (unpaired) electrons. The molecule has 0 spiro atoms. The first-order valence-corrected chi connectivity index (χ1v) is 5.97. The summed E-state index contributed by atoms with van der Waals surface area (Å²) in [4.78, 5) is 11.9. The normalized spacial score (nSPS) is 12.3. The molecule has 1 unspecified atom stereocenters. The van der Waals surface area contributed by atoms with Crippen molar-refractivity contribution in [2.75, 3.05) is 5.32 Å². The number of rotatable bonds is 3. The SMILES string of the molecule is Cc1ccn(C(C)C(=O)Nc2c(F)c(F)cc(F)c2F)n1. The van der Waals surface area contributed by atoms with E-state index >= 15 is 0 Å². The van der Waals surface area contributed by atoms with Crippen LogP contribution in [0.3, 0.4) is 0 Å². The first-order valence-electron chi connectivity index (χ1n) is 5.97. The standard InChI is InChI=1S/C13H11F4N3O/c1-6-3-4-20(19-6)7(2)13(21)18-12-10(16)8(14)5-9(15)11(12)17/h3-5,7H,1-2H3,(H,18,21). The van der Waals surface area contributed by atoms with Gasteiger partial charge in [0.1, 0.15) is 11.7 Å². The molecule has 1 aromatic carbocycles. The van der Waals surface area contributed by atoms with Gasteiger partial charge in [0.15, 0.2) is 23.3 Å². The number of anilines is 1. The molecule has 0 aliphatic carbocycles. The smallest absolute Gasteiger partial charge is 0.249 e. The zero-order valence-corrected chi connectivity index (χ0v) is 11.1. The third kappa shape index (κ3) is 2.88. The Kier molecular flexibility index (Phi) is 3.97. The zero-order chi connectivity index (χ0) is 15.7. The molecule has 0 aliphatic rings. The maximum Gasteiger partial charge on any atom is 0.249 e. The third-order valence-electron chi connectivity index (χ3n) is 2.88. The second-order valence-electron chi connectivity index (χ2n) is 4.45. The molecule has 1 N–H and O–H groups in total. The number of carbonyl (C=O) groups excluding carboxylic acids is 1. The van der Waals surface area contributed by atoms with E-state index in [4.69, 9.17) is 0 Å². The van der Waals surface area contributed by atoms with Crippen molar-refractivity contribution in [1.82, 2.24) is 9.78 Å². The molecule has 8 heteroatoms. The van der Waals surface area contributed by atoms with Crippen LogP contribution in [0, 0.1) is 30.2 Å². The van der Waals surface area contributed by atoms with E-state index in [9.17, 15) is 22.4 Å². The number of halogens is 4. The predicted octanol–water partition coefficient (Wildman–Crippen LogP) is 2.95. The highest BCUT2D eigenvalue weighted by Crippen LogP contribution is 2.25. The highest BCUT2D eigenvalue weighted by atomic mass is 19.2. The first-order chi connectivity index (χ1) is 9.81. The molecule has 0 fully saturated rings. The van der Waals surface area contributed by atoms with Gasteiger partial charge in [-0.25, -0.2) is 17.6 Å². The van der Waals surface area contributed by atoms with Crippen LogP contribution in [0.25, 0.3) is 0 Å². The van der Waals surface area contributed by atoms with Crippen LogP contribution >= 0.6 is 0 Å². The van der Waals surface area contributed by atoms with E-state index < -0.39 is 40.9 Å². The van der Waals surface area contributed by atoms with Crippen molar-refractivity contribution >= 4 is 11.6 Å². The number of aromatic nitrogens is 2. The van der Waals surface area contributed by atoms with Crippen LogP contribution in [0.4, 0.5) is 23.2 Å². The molecule has 1 aromatic heterocycles. The van der Waals surface area contributed by atoms with Gasteiger partial charge in [0.25, 0.3) is 0 Å². The molecule has 1 atom stereocenters. The number of hydrogen-bond donors (Lipinski definition) is 1. The van der Waals surface area contributed by atoms with Crippen molar-refractivity contribution in [1.29, 1.82) is 0 Å². The van der Waals surface area contributed by atoms with Gasteiger partial charge in [0.2, 0.25) is 5.91 Å². The van der Waals surface area contributed by atoms with Crippen LogP contribution in [0.1, 0.15) is 18.7 Å². The van der Waals surface area contributed by atoms with Crippen LogP contribution in [-0.4, -0.2) is 15.7 Å². The molecular weight excluding hydrogens is 290 g/mol. The fourth-order valence-electron chi connectivity index (χ4n) is 1.68. The van der Waals surface area contributed by atoms with Crippen molar-refractivity contribution in [3.8, 4) is 0 Å². The van der Waals surface area contributed by atoms with Crippen molar-refractivity contribution < 1.29 is 22.4 Å². The van der Waals surface area contributed by atoms with Gasteiger partial charge < -0.3 is 5.32 Å². The Balaban J connectivity index is 2.28. The van der Waals surface area contributed by atoms with Crippen molar-refractivity contribution in [3.63, 3.8) is 0 Å². The molecule has 2 aromatic rings. The van der Waals surface area contributed by atoms with Crippen molar-refractivity contribution in [2.24, 2.45) is 0 Å². The van der Waals surface area contributed by atoms with Crippen LogP contribution in [0.5, 0.6) is 0 Å². The molecule has 0 bridgehead atoms. The summed E-state index contributed by atoms with van der Waals surface area (Å²) in [7, 11) is 0. The second kappa shape index (κ2) is 5.55. The predicted molar refractivity (Wildman–Crippen MR) is 66.6 cm³/mol. The van der Waals surface area contributed by atoms with Gasteiger partial charge in [-0.15, -0.1) is 0 Å². The summed E-state index contributed by atoms with van der Waals surface area (Å²) >= 11 is 0. The van der Waals surface area contributed by atoms with Crippen molar-refractivity contribution in [2.45, 2.75) is 19.9 Å². The number of nitrogens with one attached hydrogen (secondary N) is 1. The number of hydrogen-bond acceptors (Lipinski definition) is 2. The maximum atomic E-state index is 13.5. The van der Waals surface area contributed by atoms with Gasteiger partial charge >= 0.3 is 0 Å².